The van der Waals surface area contributed by atoms with Gasteiger partial charge in [-0.2, -0.15) is 0 Å². The van der Waals surface area contributed by atoms with Crippen molar-refractivity contribution in [2.75, 3.05) is 11.9 Å². The molecule has 0 heterocycles. The number of unbranched alkanes of at least 4 members (excludes halogenated alkanes) is 3. The molecule has 3 amide bonds. The van der Waals surface area contributed by atoms with Crippen LogP contribution in [-0.2, 0) is 9.59 Å². The molecule has 2 aromatic rings. The summed E-state index contributed by atoms with van der Waals surface area (Å²) in [6.45, 7) is 6.51. The fourth-order valence-corrected chi connectivity index (χ4v) is 3.44. The Labute approximate surface area is 203 Å². The third kappa shape index (κ3) is 9.26. The summed E-state index contributed by atoms with van der Waals surface area (Å²) in [5, 5.41) is 2.81. The van der Waals surface area contributed by atoms with Gasteiger partial charge in [-0.15, -0.1) is 0 Å². The van der Waals surface area contributed by atoms with Crippen LogP contribution >= 0.6 is 15.9 Å². The molecule has 0 aliphatic rings. The highest BCUT2D eigenvalue weighted by Crippen LogP contribution is 2.23. The first-order valence-corrected chi connectivity index (χ1v) is 12.0. The maximum Gasteiger partial charge on any atom is 0.273 e. The van der Waals surface area contributed by atoms with Gasteiger partial charge in [-0.1, -0.05) is 54.2 Å². The number of nitrogens with one attached hydrogen (secondary N) is 3. The number of hydrogen-bond acceptors (Lipinski definition) is 4. The van der Waals surface area contributed by atoms with Gasteiger partial charge in [-0.25, -0.2) is 0 Å². The summed E-state index contributed by atoms with van der Waals surface area (Å²) in [5.41, 5.74) is 7.78. The van der Waals surface area contributed by atoms with Crippen molar-refractivity contribution in [1.29, 1.82) is 0 Å². The fourth-order valence-electron chi connectivity index (χ4n) is 3.08. The highest BCUT2D eigenvalue weighted by Gasteiger charge is 2.15. The first-order valence-electron chi connectivity index (χ1n) is 11.2. The van der Waals surface area contributed by atoms with Gasteiger partial charge in [0.15, 0.2) is 0 Å². The zero-order chi connectivity index (χ0) is 24.2. The molecule has 0 unspecified atom stereocenters. The first kappa shape index (κ1) is 26.4. The number of hydrogen-bond donors (Lipinski definition) is 3. The zero-order valence-corrected chi connectivity index (χ0v) is 21.0. The Kier molecular flexibility index (Phi) is 10.9. The number of hydrazine groups is 1. The molecule has 0 saturated carbocycles. The molecule has 3 N–H and O–H groups in total. The Morgan fingerprint density at radius 2 is 1.67 bits per heavy atom. The lowest BCUT2D eigenvalue weighted by molar-refractivity contribution is -0.124. The topological polar surface area (TPSA) is 96.5 Å². The molecule has 0 radical (unpaired) electrons. The van der Waals surface area contributed by atoms with Crippen molar-refractivity contribution in [3.63, 3.8) is 0 Å². The van der Waals surface area contributed by atoms with E-state index in [4.69, 9.17) is 4.74 Å². The highest BCUT2D eigenvalue weighted by molar-refractivity contribution is 9.10. The van der Waals surface area contributed by atoms with E-state index in [0.29, 0.717) is 17.9 Å². The Hall–Kier alpha value is -2.87. The fraction of sp³-hybridized carbons (Fsp3) is 0.400. The molecular weight excluding hydrogens is 486 g/mol. The summed E-state index contributed by atoms with van der Waals surface area (Å²) in [6.07, 6.45) is 4.20. The van der Waals surface area contributed by atoms with E-state index in [1.165, 1.54) is 0 Å². The Bertz CT molecular complexity index is 978. The molecule has 0 aromatic heterocycles. The molecule has 0 aliphatic heterocycles. The molecule has 0 saturated heterocycles. The van der Waals surface area contributed by atoms with Gasteiger partial charge in [0.2, 0.25) is 11.8 Å². The van der Waals surface area contributed by atoms with E-state index in [-0.39, 0.29) is 18.7 Å². The number of ether oxygens (including phenoxy) is 1. The quantitative estimate of drug-likeness (QED) is 0.281. The average molecular weight is 518 g/mol. The van der Waals surface area contributed by atoms with Crippen LogP contribution in [0.2, 0.25) is 0 Å². The predicted molar refractivity (Wildman–Crippen MR) is 133 cm³/mol. The minimum absolute atomic E-state index is 0.00189. The average Bonchev–Trinajstić information content (AvgIpc) is 2.79. The minimum Gasteiger partial charge on any atom is -0.493 e. The van der Waals surface area contributed by atoms with Gasteiger partial charge in [0.1, 0.15) is 5.75 Å². The molecule has 8 heteroatoms. The molecule has 2 aromatic carbocycles. The second-order valence-corrected chi connectivity index (χ2v) is 8.83. The van der Waals surface area contributed by atoms with Crippen molar-refractivity contribution in [2.24, 2.45) is 0 Å². The third-order valence-electron chi connectivity index (χ3n) is 5.00. The van der Waals surface area contributed by atoms with Crippen LogP contribution in [0.4, 0.5) is 5.69 Å². The van der Waals surface area contributed by atoms with Gasteiger partial charge < -0.3 is 10.1 Å². The van der Waals surface area contributed by atoms with Crippen molar-refractivity contribution in [3.8, 4) is 5.75 Å². The lowest BCUT2D eigenvalue weighted by atomic mass is 10.1. The first-order chi connectivity index (χ1) is 15.8. The standard InChI is InChI=1S/C25H32BrN3O4/c1-4-5-6-7-14-33-22-11-10-19(26)16-20(22)25(32)29-28-24(31)13-12-23(30)27-21-15-17(2)8-9-18(21)3/h8-11,15-16H,4-7,12-14H2,1-3H3,(H,27,30)(H,28,31)(H,29,32). The molecule has 2 rings (SSSR count). The number of carbonyl (C=O) groups is 3. The number of anilines is 1. The second-order valence-electron chi connectivity index (χ2n) is 7.92. The Morgan fingerprint density at radius 3 is 2.42 bits per heavy atom. The summed E-state index contributed by atoms with van der Waals surface area (Å²) >= 11 is 3.36. The summed E-state index contributed by atoms with van der Waals surface area (Å²) in [5.74, 6) is -0.769. The predicted octanol–water partition coefficient (Wildman–Crippen LogP) is 5.20. The van der Waals surface area contributed by atoms with E-state index in [1.807, 2.05) is 32.0 Å². The van der Waals surface area contributed by atoms with Crippen LogP contribution in [0, 0.1) is 13.8 Å². The summed E-state index contributed by atoms with van der Waals surface area (Å²) in [6, 6.07) is 10.9. The molecule has 0 aliphatic carbocycles. The van der Waals surface area contributed by atoms with Crippen molar-refractivity contribution < 1.29 is 19.1 Å². The summed E-state index contributed by atoms with van der Waals surface area (Å²) in [4.78, 5) is 36.9. The molecule has 178 valence electrons. The van der Waals surface area contributed by atoms with Crippen LogP contribution in [0.5, 0.6) is 5.75 Å². The smallest absolute Gasteiger partial charge is 0.273 e. The van der Waals surface area contributed by atoms with E-state index in [2.05, 4.69) is 39.0 Å². The Morgan fingerprint density at radius 1 is 0.909 bits per heavy atom. The van der Waals surface area contributed by atoms with Crippen molar-refractivity contribution >= 4 is 39.3 Å². The van der Waals surface area contributed by atoms with Crippen molar-refractivity contribution in [1.82, 2.24) is 10.9 Å². The zero-order valence-electron chi connectivity index (χ0n) is 19.4. The molecule has 0 spiro atoms. The van der Waals surface area contributed by atoms with E-state index in [1.54, 1.807) is 18.2 Å². The van der Waals surface area contributed by atoms with E-state index < -0.39 is 11.8 Å². The number of benzene rings is 2. The molecular formula is C25H32BrN3O4. The van der Waals surface area contributed by atoms with Crippen LogP contribution in [0.25, 0.3) is 0 Å². The lowest BCUT2D eigenvalue weighted by Gasteiger charge is -2.13. The monoisotopic (exact) mass is 517 g/mol. The number of aryl methyl sites for hydroxylation is 2. The van der Waals surface area contributed by atoms with Crippen molar-refractivity contribution in [2.45, 2.75) is 59.3 Å². The molecule has 0 fully saturated rings. The molecule has 33 heavy (non-hydrogen) atoms. The molecule has 0 atom stereocenters. The third-order valence-corrected chi connectivity index (χ3v) is 5.50. The van der Waals surface area contributed by atoms with Crippen molar-refractivity contribution in [3.05, 3.63) is 57.6 Å². The van der Waals surface area contributed by atoms with Crippen LogP contribution in [-0.4, -0.2) is 24.3 Å². The van der Waals surface area contributed by atoms with Gasteiger partial charge >= 0.3 is 0 Å². The lowest BCUT2D eigenvalue weighted by Crippen LogP contribution is -2.42. The van der Waals surface area contributed by atoms with Crippen LogP contribution in [0.1, 0.15) is 66.9 Å². The van der Waals surface area contributed by atoms with Crippen LogP contribution in [0.15, 0.2) is 40.9 Å². The SMILES string of the molecule is CCCCCCOc1ccc(Br)cc1C(=O)NNC(=O)CCC(=O)Nc1cc(C)ccc1C. The maximum absolute atomic E-state index is 12.6. The molecule has 7 nitrogen and oxygen atoms in total. The highest BCUT2D eigenvalue weighted by atomic mass is 79.9. The number of amides is 3. The number of rotatable bonds is 11. The van der Waals surface area contributed by atoms with Crippen LogP contribution < -0.4 is 20.9 Å². The van der Waals surface area contributed by atoms with Gasteiger partial charge in [0.25, 0.3) is 5.91 Å². The van der Waals surface area contributed by atoms with E-state index >= 15 is 0 Å². The normalized spacial score (nSPS) is 10.4. The molecule has 0 bridgehead atoms. The minimum atomic E-state index is -0.493. The summed E-state index contributed by atoms with van der Waals surface area (Å²) in [7, 11) is 0. The largest absolute Gasteiger partial charge is 0.493 e. The van der Waals surface area contributed by atoms with Gasteiger partial charge in [0, 0.05) is 23.0 Å². The van der Waals surface area contributed by atoms with Gasteiger partial charge in [0.05, 0.1) is 12.2 Å². The maximum atomic E-state index is 12.6. The second kappa shape index (κ2) is 13.6. The number of carbonyl (C=O) groups excluding carboxylic acids is 3. The summed E-state index contributed by atoms with van der Waals surface area (Å²) < 4.78 is 6.50. The van der Waals surface area contributed by atoms with Gasteiger partial charge in [-0.3, -0.25) is 25.2 Å². The van der Waals surface area contributed by atoms with E-state index in [9.17, 15) is 14.4 Å². The van der Waals surface area contributed by atoms with Gasteiger partial charge in [-0.05, 0) is 55.7 Å². The van der Waals surface area contributed by atoms with Crippen LogP contribution in [0.3, 0.4) is 0 Å². The van der Waals surface area contributed by atoms with E-state index in [0.717, 1.165) is 47.0 Å². The Balaban J connectivity index is 1.82. The number of halogens is 1.